The molecule has 9 heteroatoms. The third-order valence-corrected chi connectivity index (χ3v) is 4.55. The van der Waals surface area contributed by atoms with Crippen molar-refractivity contribution in [2.45, 2.75) is 6.36 Å². The first-order valence-electron chi connectivity index (χ1n) is 9.30. The van der Waals surface area contributed by atoms with Gasteiger partial charge in [-0.2, -0.15) is 0 Å². The van der Waals surface area contributed by atoms with E-state index in [2.05, 4.69) is 10.1 Å². The number of benzene rings is 3. The number of anilines is 2. The second-order valence-electron chi connectivity index (χ2n) is 6.74. The van der Waals surface area contributed by atoms with E-state index in [0.717, 1.165) is 23.1 Å². The number of nitrogens with zero attached hydrogens (tertiary/aromatic N) is 1. The van der Waals surface area contributed by atoms with Crippen molar-refractivity contribution in [2.24, 2.45) is 0 Å². The Kier molecular flexibility index (Phi) is 5.40. The average Bonchev–Trinajstić information content (AvgIpc) is 2.97. The van der Waals surface area contributed by atoms with Crippen LogP contribution in [0.5, 0.6) is 5.75 Å². The number of rotatable bonds is 5. The van der Waals surface area contributed by atoms with Crippen LogP contribution in [0.4, 0.5) is 28.9 Å². The normalized spacial score (nSPS) is 14.2. The highest BCUT2D eigenvalue weighted by molar-refractivity contribution is 6.46. The van der Waals surface area contributed by atoms with Gasteiger partial charge in [0.15, 0.2) is 0 Å². The quantitative estimate of drug-likeness (QED) is 0.440. The number of imide groups is 1. The summed E-state index contributed by atoms with van der Waals surface area (Å²) >= 11 is 0. The first-order chi connectivity index (χ1) is 15.2. The van der Waals surface area contributed by atoms with Crippen LogP contribution >= 0.6 is 0 Å². The number of halogens is 4. The predicted molar refractivity (Wildman–Crippen MR) is 109 cm³/mol. The lowest BCUT2D eigenvalue weighted by Crippen LogP contribution is -2.32. The summed E-state index contributed by atoms with van der Waals surface area (Å²) in [7, 11) is 0. The molecule has 3 aromatic rings. The highest BCUT2D eigenvalue weighted by Crippen LogP contribution is 2.34. The Morgan fingerprint density at radius 2 is 1.53 bits per heavy atom. The van der Waals surface area contributed by atoms with Crippen molar-refractivity contribution >= 4 is 28.8 Å². The smallest absolute Gasteiger partial charge is 0.406 e. The van der Waals surface area contributed by atoms with Crippen molar-refractivity contribution in [2.75, 3.05) is 10.2 Å². The van der Waals surface area contributed by atoms with Gasteiger partial charge in [-0.05, 0) is 35.9 Å². The van der Waals surface area contributed by atoms with Crippen LogP contribution < -0.4 is 15.0 Å². The summed E-state index contributed by atoms with van der Waals surface area (Å²) < 4.78 is 55.3. The highest BCUT2D eigenvalue weighted by Gasteiger charge is 2.40. The number of carbonyl (C=O) groups is 2. The third-order valence-electron chi connectivity index (χ3n) is 4.55. The van der Waals surface area contributed by atoms with E-state index in [-0.39, 0.29) is 22.6 Å². The summed E-state index contributed by atoms with van der Waals surface area (Å²) in [5.41, 5.74) is 0.378. The molecule has 0 fully saturated rings. The van der Waals surface area contributed by atoms with Crippen molar-refractivity contribution in [1.82, 2.24) is 0 Å². The van der Waals surface area contributed by atoms with Crippen LogP contribution in [-0.2, 0) is 9.59 Å². The molecule has 0 aliphatic carbocycles. The lowest BCUT2D eigenvalue weighted by molar-refractivity contribution is -0.274. The van der Waals surface area contributed by atoms with Gasteiger partial charge in [0, 0.05) is 11.8 Å². The van der Waals surface area contributed by atoms with E-state index in [4.69, 9.17) is 0 Å². The Labute approximate surface area is 179 Å². The lowest BCUT2D eigenvalue weighted by atomic mass is 10.0. The molecule has 3 aromatic carbocycles. The summed E-state index contributed by atoms with van der Waals surface area (Å²) in [6, 6.07) is 18.1. The second-order valence-corrected chi connectivity index (χ2v) is 6.74. The molecule has 0 spiro atoms. The van der Waals surface area contributed by atoms with E-state index in [0.29, 0.717) is 5.56 Å². The van der Waals surface area contributed by atoms with Crippen LogP contribution in [0, 0.1) is 5.82 Å². The third kappa shape index (κ3) is 4.31. The van der Waals surface area contributed by atoms with Crippen LogP contribution in [-0.4, -0.2) is 18.2 Å². The van der Waals surface area contributed by atoms with Gasteiger partial charge >= 0.3 is 6.36 Å². The standard InChI is InChI=1S/C23H14F4N2O3/c24-15-8-4-10-17(12-15)29-21(30)19(14-6-2-1-3-7-14)20(22(29)31)28-16-9-5-11-18(13-16)32-23(25,26)27/h1-13,28H. The minimum atomic E-state index is -4.89. The van der Waals surface area contributed by atoms with E-state index >= 15 is 0 Å². The molecule has 0 bridgehead atoms. The van der Waals surface area contributed by atoms with Crippen molar-refractivity contribution in [3.05, 3.63) is 95.9 Å². The van der Waals surface area contributed by atoms with Gasteiger partial charge in [0.05, 0.1) is 11.3 Å². The van der Waals surface area contributed by atoms with Crippen molar-refractivity contribution in [3.63, 3.8) is 0 Å². The average molecular weight is 442 g/mol. The summed E-state index contributed by atoms with van der Waals surface area (Å²) in [6.45, 7) is 0. The summed E-state index contributed by atoms with van der Waals surface area (Å²) in [5.74, 6) is -2.61. The van der Waals surface area contributed by atoms with Gasteiger partial charge in [0.25, 0.3) is 11.8 Å². The van der Waals surface area contributed by atoms with Crippen molar-refractivity contribution in [3.8, 4) is 5.75 Å². The Morgan fingerprint density at radius 3 is 2.22 bits per heavy atom. The van der Waals surface area contributed by atoms with Gasteiger partial charge in [-0.3, -0.25) is 9.59 Å². The van der Waals surface area contributed by atoms with E-state index in [9.17, 15) is 27.2 Å². The zero-order chi connectivity index (χ0) is 22.9. The van der Waals surface area contributed by atoms with E-state index in [1.165, 1.54) is 30.3 Å². The molecule has 1 N–H and O–H groups in total. The molecule has 4 rings (SSSR count). The maximum absolute atomic E-state index is 13.7. The molecule has 2 amide bonds. The fraction of sp³-hybridized carbons (Fsp3) is 0.0435. The van der Waals surface area contributed by atoms with Crippen LogP contribution in [0.3, 0.4) is 0 Å². The van der Waals surface area contributed by atoms with Crippen LogP contribution in [0.2, 0.25) is 0 Å². The fourth-order valence-electron chi connectivity index (χ4n) is 3.28. The number of amides is 2. The molecular weight excluding hydrogens is 428 g/mol. The number of carbonyl (C=O) groups excluding carboxylic acids is 2. The predicted octanol–water partition coefficient (Wildman–Crippen LogP) is 5.12. The molecule has 0 radical (unpaired) electrons. The summed E-state index contributed by atoms with van der Waals surface area (Å²) in [4.78, 5) is 27.2. The first-order valence-corrected chi connectivity index (χ1v) is 9.30. The van der Waals surface area contributed by atoms with Crippen LogP contribution in [0.25, 0.3) is 5.57 Å². The van der Waals surface area contributed by atoms with Gasteiger partial charge in [-0.25, -0.2) is 9.29 Å². The maximum atomic E-state index is 13.7. The van der Waals surface area contributed by atoms with Gasteiger partial charge < -0.3 is 10.1 Å². The minimum absolute atomic E-state index is 0.00186. The van der Waals surface area contributed by atoms with E-state index in [1.54, 1.807) is 30.3 Å². The highest BCUT2D eigenvalue weighted by atomic mass is 19.4. The number of ether oxygens (including phenoxy) is 1. The maximum Gasteiger partial charge on any atom is 0.573 e. The molecule has 1 aliphatic heterocycles. The fourth-order valence-corrected chi connectivity index (χ4v) is 3.28. The second kappa shape index (κ2) is 8.18. The monoisotopic (exact) mass is 442 g/mol. The number of alkyl halides is 3. The molecule has 1 heterocycles. The minimum Gasteiger partial charge on any atom is -0.406 e. The Balaban J connectivity index is 1.76. The van der Waals surface area contributed by atoms with Gasteiger partial charge in [0.2, 0.25) is 0 Å². The molecule has 162 valence electrons. The molecule has 0 saturated carbocycles. The van der Waals surface area contributed by atoms with E-state index < -0.39 is 29.7 Å². The Hall–Kier alpha value is -4.14. The van der Waals surface area contributed by atoms with Gasteiger partial charge in [0.1, 0.15) is 17.3 Å². The number of hydrogen-bond donors (Lipinski definition) is 1. The molecule has 0 unspecified atom stereocenters. The molecule has 0 atom stereocenters. The van der Waals surface area contributed by atoms with Gasteiger partial charge in [-0.15, -0.1) is 13.2 Å². The zero-order valence-corrected chi connectivity index (χ0v) is 16.2. The molecule has 1 aliphatic rings. The zero-order valence-electron chi connectivity index (χ0n) is 16.2. The Bertz CT molecular complexity index is 1220. The lowest BCUT2D eigenvalue weighted by Gasteiger charge is -2.15. The SMILES string of the molecule is O=C1C(Nc2cccc(OC(F)(F)F)c2)=C(c2ccccc2)C(=O)N1c1cccc(F)c1. The molecule has 0 saturated heterocycles. The van der Waals surface area contributed by atoms with Crippen molar-refractivity contribution in [1.29, 1.82) is 0 Å². The molecular formula is C23H14F4N2O3. The summed E-state index contributed by atoms with van der Waals surface area (Å²) in [5, 5.41) is 2.74. The molecule has 0 aromatic heterocycles. The van der Waals surface area contributed by atoms with Crippen LogP contribution in [0.15, 0.2) is 84.6 Å². The number of hydrogen-bond acceptors (Lipinski definition) is 4. The largest absolute Gasteiger partial charge is 0.573 e. The van der Waals surface area contributed by atoms with Gasteiger partial charge in [-0.1, -0.05) is 42.5 Å². The Morgan fingerprint density at radius 1 is 0.812 bits per heavy atom. The topological polar surface area (TPSA) is 58.6 Å². The number of nitrogens with one attached hydrogen (secondary N) is 1. The van der Waals surface area contributed by atoms with Crippen molar-refractivity contribution < 1.29 is 31.9 Å². The van der Waals surface area contributed by atoms with Crippen LogP contribution in [0.1, 0.15) is 5.56 Å². The van der Waals surface area contributed by atoms with E-state index in [1.807, 2.05) is 0 Å². The molecule has 5 nitrogen and oxygen atoms in total. The molecule has 32 heavy (non-hydrogen) atoms. The first kappa shape index (κ1) is 21.1. The summed E-state index contributed by atoms with van der Waals surface area (Å²) in [6.07, 6.45) is -4.89.